The Morgan fingerprint density at radius 1 is 1.41 bits per heavy atom. The third kappa shape index (κ3) is 5.06. The number of rotatable bonds is 3. The summed E-state index contributed by atoms with van der Waals surface area (Å²) < 4.78 is 40.4. The molecule has 124 valence electrons. The standard InChI is InChI=1S/C14H17F3N2O2.ClH/c15-14(16,17)21-12-5-1-4-11(7-12)13(20)19-6-2-3-10(8-18)9-19;/h1,4-5,7,10H,2-3,6,8-9,18H2;1H. The molecule has 0 aromatic heterocycles. The first-order valence-electron chi connectivity index (χ1n) is 6.74. The zero-order chi connectivity index (χ0) is 15.5. The van der Waals surface area contributed by atoms with Gasteiger partial charge in [-0.05, 0) is 43.5 Å². The predicted octanol–water partition coefficient (Wildman–Crippen LogP) is 2.82. The van der Waals surface area contributed by atoms with Gasteiger partial charge < -0.3 is 15.4 Å². The molecule has 0 bridgehead atoms. The highest BCUT2D eigenvalue weighted by Gasteiger charge is 2.31. The highest BCUT2D eigenvalue weighted by molar-refractivity contribution is 5.94. The van der Waals surface area contributed by atoms with Gasteiger partial charge in [0.15, 0.2) is 0 Å². The topological polar surface area (TPSA) is 55.6 Å². The van der Waals surface area contributed by atoms with Gasteiger partial charge >= 0.3 is 6.36 Å². The molecule has 1 aromatic rings. The number of carbonyl (C=O) groups is 1. The normalized spacial score (nSPS) is 18.5. The molecule has 0 radical (unpaired) electrons. The Morgan fingerprint density at radius 3 is 2.77 bits per heavy atom. The van der Waals surface area contributed by atoms with Crippen molar-refractivity contribution in [2.24, 2.45) is 11.7 Å². The van der Waals surface area contributed by atoms with Crippen molar-refractivity contribution in [1.29, 1.82) is 0 Å². The minimum absolute atomic E-state index is 0. The summed E-state index contributed by atoms with van der Waals surface area (Å²) in [5.74, 6) is -0.432. The van der Waals surface area contributed by atoms with Crippen LogP contribution in [-0.4, -0.2) is 36.8 Å². The van der Waals surface area contributed by atoms with E-state index in [-0.39, 0.29) is 35.5 Å². The second-order valence-corrected chi connectivity index (χ2v) is 5.07. The number of nitrogens with zero attached hydrogens (tertiary/aromatic N) is 1. The first-order chi connectivity index (χ1) is 9.89. The number of piperidine rings is 1. The lowest BCUT2D eigenvalue weighted by Gasteiger charge is -2.32. The lowest BCUT2D eigenvalue weighted by molar-refractivity contribution is -0.274. The zero-order valence-corrected chi connectivity index (χ0v) is 12.6. The minimum Gasteiger partial charge on any atom is -0.406 e. The lowest BCUT2D eigenvalue weighted by Crippen LogP contribution is -2.42. The fraction of sp³-hybridized carbons (Fsp3) is 0.500. The Bertz CT molecular complexity index is 511. The number of amides is 1. The first kappa shape index (κ1) is 18.6. The van der Waals surface area contributed by atoms with Crippen molar-refractivity contribution in [3.63, 3.8) is 0 Å². The van der Waals surface area contributed by atoms with E-state index in [1.807, 2.05) is 0 Å². The van der Waals surface area contributed by atoms with Crippen molar-refractivity contribution in [3.05, 3.63) is 29.8 Å². The molecule has 0 saturated carbocycles. The van der Waals surface area contributed by atoms with Crippen LogP contribution in [0, 0.1) is 5.92 Å². The number of halogens is 4. The Kier molecular flexibility index (Phi) is 6.49. The van der Waals surface area contributed by atoms with Gasteiger partial charge in [-0.1, -0.05) is 6.07 Å². The Balaban J connectivity index is 0.00000242. The number of alkyl halides is 3. The van der Waals surface area contributed by atoms with E-state index >= 15 is 0 Å². The molecular formula is C14H18ClF3N2O2. The molecule has 0 spiro atoms. The molecule has 2 N–H and O–H groups in total. The predicted molar refractivity (Wildman–Crippen MR) is 78.1 cm³/mol. The van der Waals surface area contributed by atoms with Gasteiger partial charge in [0.25, 0.3) is 5.91 Å². The Labute approximate surface area is 132 Å². The molecule has 22 heavy (non-hydrogen) atoms. The fourth-order valence-corrected chi connectivity index (χ4v) is 2.45. The van der Waals surface area contributed by atoms with E-state index in [9.17, 15) is 18.0 Å². The monoisotopic (exact) mass is 338 g/mol. The summed E-state index contributed by atoms with van der Waals surface area (Å²) in [6, 6.07) is 5.14. The van der Waals surface area contributed by atoms with E-state index in [1.54, 1.807) is 4.90 Å². The van der Waals surface area contributed by atoms with Crippen LogP contribution in [0.3, 0.4) is 0 Å². The summed E-state index contributed by atoms with van der Waals surface area (Å²) in [6.45, 7) is 1.64. The SMILES string of the molecule is Cl.NCC1CCCN(C(=O)c2cccc(OC(F)(F)F)c2)C1. The summed E-state index contributed by atoms with van der Waals surface area (Å²) in [5, 5.41) is 0. The molecule has 1 amide bonds. The number of hydrogen-bond donors (Lipinski definition) is 1. The lowest BCUT2D eigenvalue weighted by atomic mass is 9.97. The molecule has 1 saturated heterocycles. The van der Waals surface area contributed by atoms with Crippen molar-refractivity contribution < 1.29 is 22.7 Å². The molecule has 1 atom stereocenters. The Morgan fingerprint density at radius 2 is 2.14 bits per heavy atom. The molecule has 2 rings (SSSR count). The van der Waals surface area contributed by atoms with E-state index in [0.717, 1.165) is 18.9 Å². The maximum absolute atomic E-state index is 12.3. The third-order valence-corrected chi connectivity index (χ3v) is 3.45. The van der Waals surface area contributed by atoms with Crippen LogP contribution >= 0.6 is 12.4 Å². The molecule has 1 aliphatic heterocycles. The number of likely N-dealkylation sites (tertiary alicyclic amines) is 1. The molecule has 0 aliphatic carbocycles. The number of hydrogen-bond acceptors (Lipinski definition) is 3. The third-order valence-electron chi connectivity index (χ3n) is 3.45. The van der Waals surface area contributed by atoms with Crippen LogP contribution in [-0.2, 0) is 0 Å². The molecular weight excluding hydrogens is 321 g/mol. The first-order valence-corrected chi connectivity index (χ1v) is 6.74. The van der Waals surface area contributed by atoms with Gasteiger partial charge in [0, 0.05) is 18.7 Å². The van der Waals surface area contributed by atoms with Gasteiger partial charge in [-0.25, -0.2) is 0 Å². The van der Waals surface area contributed by atoms with E-state index in [0.29, 0.717) is 19.6 Å². The summed E-state index contributed by atoms with van der Waals surface area (Å²) in [4.78, 5) is 14.0. The van der Waals surface area contributed by atoms with Gasteiger partial charge in [0.2, 0.25) is 0 Å². The van der Waals surface area contributed by atoms with Crippen LogP contribution in [0.4, 0.5) is 13.2 Å². The number of nitrogens with two attached hydrogens (primary N) is 1. The highest BCUT2D eigenvalue weighted by Crippen LogP contribution is 2.24. The van der Waals surface area contributed by atoms with E-state index < -0.39 is 6.36 Å². The molecule has 1 unspecified atom stereocenters. The quantitative estimate of drug-likeness (QED) is 0.922. The second kappa shape index (κ2) is 7.69. The van der Waals surface area contributed by atoms with Crippen LogP contribution in [0.25, 0.3) is 0 Å². The maximum atomic E-state index is 12.3. The number of ether oxygens (including phenoxy) is 1. The summed E-state index contributed by atoms with van der Waals surface area (Å²) in [5.41, 5.74) is 5.80. The van der Waals surface area contributed by atoms with Crippen LogP contribution in [0.15, 0.2) is 24.3 Å². The highest BCUT2D eigenvalue weighted by atomic mass is 35.5. The van der Waals surface area contributed by atoms with Crippen LogP contribution < -0.4 is 10.5 Å². The van der Waals surface area contributed by atoms with Gasteiger partial charge in [-0.2, -0.15) is 0 Å². The van der Waals surface area contributed by atoms with Gasteiger partial charge in [-0.15, -0.1) is 25.6 Å². The number of carbonyl (C=O) groups excluding carboxylic acids is 1. The van der Waals surface area contributed by atoms with Gasteiger partial charge in [0.05, 0.1) is 0 Å². The van der Waals surface area contributed by atoms with Gasteiger partial charge in [-0.3, -0.25) is 4.79 Å². The summed E-state index contributed by atoms with van der Waals surface area (Å²) in [7, 11) is 0. The Hall–Kier alpha value is -1.47. The van der Waals surface area contributed by atoms with Crippen LogP contribution in [0.1, 0.15) is 23.2 Å². The molecule has 1 heterocycles. The van der Waals surface area contributed by atoms with Crippen molar-refractivity contribution in [2.75, 3.05) is 19.6 Å². The van der Waals surface area contributed by atoms with E-state index in [1.165, 1.54) is 18.2 Å². The molecule has 8 heteroatoms. The molecule has 4 nitrogen and oxygen atoms in total. The van der Waals surface area contributed by atoms with Crippen molar-refractivity contribution in [3.8, 4) is 5.75 Å². The van der Waals surface area contributed by atoms with Gasteiger partial charge in [0.1, 0.15) is 5.75 Å². The van der Waals surface area contributed by atoms with Crippen molar-refractivity contribution >= 4 is 18.3 Å². The van der Waals surface area contributed by atoms with Crippen molar-refractivity contribution in [2.45, 2.75) is 19.2 Å². The van der Waals surface area contributed by atoms with Crippen LogP contribution in [0.5, 0.6) is 5.75 Å². The average molecular weight is 339 g/mol. The summed E-state index contributed by atoms with van der Waals surface area (Å²) >= 11 is 0. The van der Waals surface area contributed by atoms with Crippen molar-refractivity contribution in [1.82, 2.24) is 4.90 Å². The molecule has 1 aromatic carbocycles. The van der Waals surface area contributed by atoms with E-state index in [2.05, 4.69) is 4.74 Å². The second-order valence-electron chi connectivity index (χ2n) is 5.07. The van der Waals surface area contributed by atoms with E-state index in [4.69, 9.17) is 5.73 Å². The molecule has 1 aliphatic rings. The zero-order valence-electron chi connectivity index (χ0n) is 11.8. The average Bonchev–Trinajstić information content (AvgIpc) is 2.45. The van der Waals surface area contributed by atoms with Crippen LogP contribution in [0.2, 0.25) is 0 Å². The maximum Gasteiger partial charge on any atom is 0.573 e. The number of benzene rings is 1. The fourth-order valence-electron chi connectivity index (χ4n) is 2.45. The minimum atomic E-state index is -4.77. The largest absolute Gasteiger partial charge is 0.573 e. The molecule has 1 fully saturated rings. The smallest absolute Gasteiger partial charge is 0.406 e. The summed E-state index contributed by atoms with van der Waals surface area (Å²) in [6.07, 6.45) is -2.94.